The number of nitrogens with zero attached hydrogens (tertiary/aromatic N) is 1. The first-order valence-electron chi connectivity index (χ1n) is 10.0. The molecule has 9 nitrogen and oxygen atoms in total. The molecule has 0 saturated heterocycles. The molecule has 3 rings (SSSR count). The number of urea groups is 1. The third-order valence-corrected chi connectivity index (χ3v) is 5.02. The van der Waals surface area contributed by atoms with Gasteiger partial charge in [-0.1, -0.05) is 44.2 Å². The van der Waals surface area contributed by atoms with E-state index in [9.17, 15) is 24.0 Å². The fraction of sp³-hybridized carbons (Fsp3) is 0.261. The molecular formula is C23H23N3O6. The molecule has 9 heteroatoms. The van der Waals surface area contributed by atoms with E-state index >= 15 is 0 Å². The van der Waals surface area contributed by atoms with Gasteiger partial charge < -0.3 is 10.5 Å². The number of rotatable bonds is 7. The zero-order chi connectivity index (χ0) is 23.4. The molecule has 0 unspecified atom stereocenters. The summed E-state index contributed by atoms with van der Waals surface area (Å²) in [4.78, 5) is 62.2. The highest BCUT2D eigenvalue weighted by atomic mass is 16.5. The molecule has 5 amide bonds. The van der Waals surface area contributed by atoms with E-state index in [1.807, 2.05) is 35.6 Å². The number of ether oxygens (including phenoxy) is 1. The third-order valence-electron chi connectivity index (χ3n) is 5.02. The van der Waals surface area contributed by atoms with Crippen LogP contribution in [0.1, 0.15) is 50.5 Å². The zero-order valence-electron chi connectivity index (χ0n) is 17.7. The lowest BCUT2D eigenvalue weighted by atomic mass is 10.0. The van der Waals surface area contributed by atoms with Gasteiger partial charge in [0.15, 0.2) is 6.10 Å². The number of esters is 1. The molecule has 1 aliphatic rings. The highest BCUT2D eigenvalue weighted by Crippen LogP contribution is 2.25. The second kappa shape index (κ2) is 9.42. The Morgan fingerprint density at radius 1 is 1.00 bits per heavy atom. The lowest BCUT2D eigenvalue weighted by Gasteiger charge is -2.19. The van der Waals surface area contributed by atoms with Gasteiger partial charge in [-0.15, -0.1) is 0 Å². The Morgan fingerprint density at radius 3 is 2.28 bits per heavy atom. The minimum Gasteiger partial charge on any atom is -0.448 e. The van der Waals surface area contributed by atoms with E-state index in [1.54, 1.807) is 13.8 Å². The molecule has 0 aromatic heterocycles. The van der Waals surface area contributed by atoms with E-state index in [1.165, 1.54) is 18.2 Å². The van der Waals surface area contributed by atoms with Crippen molar-refractivity contribution in [2.24, 2.45) is 11.7 Å². The summed E-state index contributed by atoms with van der Waals surface area (Å²) in [6, 6.07) is 12.4. The van der Waals surface area contributed by atoms with E-state index in [-0.39, 0.29) is 23.2 Å². The molecule has 0 saturated carbocycles. The summed E-state index contributed by atoms with van der Waals surface area (Å²) in [7, 11) is 0. The molecule has 2 aromatic rings. The Morgan fingerprint density at radius 2 is 1.66 bits per heavy atom. The van der Waals surface area contributed by atoms with E-state index in [0.29, 0.717) is 6.42 Å². The smallest absolute Gasteiger partial charge is 0.338 e. The number of amides is 5. The van der Waals surface area contributed by atoms with Gasteiger partial charge in [0.2, 0.25) is 0 Å². The van der Waals surface area contributed by atoms with Crippen molar-refractivity contribution in [1.82, 2.24) is 10.2 Å². The third kappa shape index (κ3) is 4.83. The number of nitrogens with two attached hydrogens (primary N) is 1. The summed E-state index contributed by atoms with van der Waals surface area (Å²) in [5.41, 5.74) is 6.25. The fourth-order valence-corrected chi connectivity index (χ4v) is 3.37. The molecule has 0 radical (unpaired) electrons. The molecule has 166 valence electrons. The lowest BCUT2D eigenvalue weighted by molar-refractivity contribution is -0.130. The maximum atomic E-state index is 12.8. The van der Waals surface area contributed by atoms with Crippen molar-refractivity contribution in [2.45, 2.75) is 26.4 Å². The zero-order valence-corrected chi connectivity index (χ0v) is 17.7. The number of carbonyl (C=O) groups is 5. The van der Waals surface area contributed by atoms with Gasteiger partial charge in [0.05, 0.1) is 16.7 Å². The Kier molecular flexibility index (Phi) is 6.67. The summed E-state index contributed by atoms with van der Waals surface area (Å²) < 4.78 is 5.25. The number of carbonyl (C=O) groups excluding carboxylic acids is 5. The number of imide groups is 2. The maximum Gasteiger partial charge on any atom is 0.338 e. The van der Waals surface area contributed by atoms with Crippen LogP contribution in [0.3, 0.4) is 0 Å². The van der Waals surface area contributed by atoms with Crippen LogP contribution in [0.25, 0.3) is 0 Å². The highest BCUT2D eigenvalue weighted by Gasteiger charge is 2.36. The van der Waals surface area contributed by atoms with Gasteiger partial charge in [-0.25, -0.2) is 9.59 Å². The van der Waals surface area contributed by atoms with Gasteiger partial charge in [0, 0.05) is 6.54 Å². The maximum absolute atomic E-state index is 12.8. The second-order valence-corrected chi connectivity index (χ2v) is 7.68. The Bertz CT molecular complexity index is 1080. The van der Waals surface area contributed by atoms with Gasteiger partial charge in [0.25, 0.3) is 17.7 Å². The Labute approximate surface area is 184 Å². The van der Waals surface area contributed by atoms with Crippen LogP contribution < -0.4 is 11.1 Å². The van der Waals surface area contributed by atoms with Crippen LogP contribution in [0.2, 0.25) is 0 Å². The Balaban J connectivity index is 1.74. The van der Waals surface area contributed by atoms with Crippen molar-refractivity contribution in [2.75, 3.05) is 6.54 Å². The van der Waals surface area contributed by atoms with E-state index < -0.39 is 41.7 Å². The SMILES string of the molecule is CC(C)[C@@H](OC(=O)c1ccc2c(c1)C(=O)N(CCc1ccccc1)C2=O)C(=O)NC(N)=O. The topological polar surface area (TPSA) is 136 Å². The van der Waals surface area contributed by atoms with Crippen molar-refractivity contribution >= 4 is 29.7 Å². The molecule has 1 atom stereocenters. The van der Waals surface area contributed by atoms with Crippen molar-refractivity contribution in [1.29, 1.82) is 0 Å². The average molecular weight is 437 g/mol. The molecule has 0 spiro atoms. The molecule has 1 heterocycles. The summed E-state index contributed by atoms with van der Waals surface area (Å²) in [6.07, 6.45) is -0.755. The predicted molar refractivity (Wildman–Crippen MR) is 114 cm³/mol. The molecule has 2 aromatic carbocycles. The lowest BCUT2D eigenvalue weighted by Crippen LogP contribution is -2.45. The summed E-state index contributed by atoms with van der Waals surface area (Å²) >= 11 is 0. The van der Waals surface area contributed by atoms with E-state index in [2.05, 4.69) is 0 Å². The monoisotopic (exact) mass is 437 g/mol. The van der Waals surface area contributed by atoms with Crippen LogP contribution >= 0.6 is 0 Å². The van der Waals surface area contributed by atoms with Crippen LogP contribution in [0, 0.1) is 5.92 Å². The molecule has 3 N–H and O–H groups in total. The predicted octanol–water partition coefficient (Wildman–Crippen LogP) is 1.90. The first kappa shape index (κ1) is 22.7. The van der Waals surface area contributed by atoms with Crippen molar-refractivity contribution in [3.05, 3.63) is 70.8 Å². The standard InChI is InChI=1S/C23H23N3O6/c1-13(2)18(19(27)25-23(24)31)32-22(30)15-8-9-16-17(12-15)21(29)26(20(16)28)11-10-14-6-4-3-5-7-14/h3-9,12-13,18H,10-11H2,1-2H3,(H3,24,25,27,31)/t18-/m1/s1. The number of fused-ring (bicyclic) bond motifs is 1. The van der Waals surface area contributed by atoms with Gasteiger partial charge in [0.1, 0.15) is 0 Å². The van der Waals surface area contributed by atoms with E-state index in [0.717, 1.165) is 10.5 Å². The highest BCUT2D eigenvalue weighted by molar-refractivity contribution is 6.22. The number of benzene rings is 2. The van der Waals surface area contributed by atoms with Gasteiger partial charge in [-0.2, -0.15) is 0 Å². The van der Waals surface area contributed by atoms with Crippen LogP contribution in [-0.2, 0) is 16.0 Å². The minimum absolute atomic E-state index is 0.00679. The quantitative estimate of drug-likeness (QED) is 0.502. The van der Waals surface area contributed by atoms with Crippen molar-refractivity contribution < 1.29 is 28.7 Å². The molecule has 0 bridgehead atoms. The number of hydrogen-bond acceptors (Lipinski definition) is 6. The molecule has 32 heavy (non-hydrogen) atoms. The molecule has 1 aliphatic heterocycles. The summed E-state index contributed by atoms with van der Waals surface area (Å²) in [5.74, 6) is -3.08. The number of primary amides is 1. The molecular weight excluding hydrogens is 414 g/mol. The number of hydrogen-bond donors (Lipinski definition) is 2. The average Bonchev–Trinajstić information content (AvgIpc) is 2.99. The fourth-order valence-electron chi connectivity index (χ4n) is 3.37. The van der Waals surface area contributed by atoms with Crippen molar-refractivity contribution in [3.63, 3.8) is 0 Å². The van der Waals surface area contributed by atoms with Gasteiger partial charge >= 0.3 is 12.0 Å². The van der Waals surface area contributed by atoms with Crippen LogP contribution in [-0.4, -0.2) is 47.3 Å². The summed E-state index contributed by atoms with van der Waals surface area (Å²) in [6.45, 7) is 3.47. The Hall–Kier alpha value is -4.01. The van der Waals surface area contributed by atoms with Gasteiger partial charge in [-0.3, -0.25) is 24.6 Å². The van der Waals surface area contributed by atoms with Crippen LogP contribution in [0.15, 0.2) is 48.5 Å². The van der Waals surface area contributed by atoms with Gasteiger partial charge in [-0.05, 0) is 36.1 Å². The largest absolute Gasteiger partial charge is 0.448 e. The molecule has 0 aliphatic carbocycles. The molecule has 0 fully saturated rings. The first-order chi connectivity index (χ1) is 15.2. The normalized spacial score (nSPS) is 13.7. The minimum atomic E-state index is -1.26. The van der Waals surface area contributed by atoms with Crippen LogP contribution in [0.5, 0.6) is 0 Å². The van der Waals surface area contributed by atoms with E-state index in [4.69, 9.17) is 10.5 Å². The summed E-state index contributed by atoms with van der Waals surface area (Å²) in [5, 5.41) is 1.89. The van der Waals surface area contributed by atoms with Crippen LogP contribution in [0.4, 0.5) is 4.79 Å². The number of nitrogens with one attached hydrogen (secondary N) is 1. The van der Waals surface area contributed by atoms with Crippen molar-refractivity contribution in [3.8, 4) is 0 Å². The first-order valence-corrected chi connectivity index (χ1v) is 10.0. The second-order valence-electron chi connectivity index (χ2n) is 7.68.